The van der Waals surface area contributed by atoms with Gasteiger partial charge in [-0.25, -0.2) is 0 Å². The van der Waals surface area contributed by atoms with Crippen LogP contribution in [0.4, 0.5) is 0 Å². The van der Waals surface area contributed by atoms with Crippen molar-refractivity contribution in [1.82, 2.24) is 10.2 Å². The zero-order chi connectivity index (χ0) is 9.68. The van der Waals surface area contributed by atoms with E-state index in [2.05, 4.69) is 32.8 Å². The second-order valence-corrected chi connectivity index (χ2v) is 4.35. The van der Waals surface area contributed by atoms with Crippen molar-refractivity contribution in [2.45, 2.75) is 11.0 Å². The highest BCUT2D eigenvalue weighted by atomic mass is 127. The van der Waals surface area contributed by atoms with Crippen LogP contribution < -0.4 is 5.32 Å². The molecule has 1 heterocycles. The lowest BCUT2D eigenvalue weighted by Gasteiger charge is -2.31. The predicted molar refractivity (Wildman–Crippen MR) is 58.9 cm³/mol. The van der Waals surface area contributed by atoms with E-state index >= 15 is 0 Å². The van der Waals surface area contributed by atoms with E-state index in [-0.39, 0.29) is 5.97 Å². The fraction of sp³-hybridized carbons (Fsp3) is 0.875. The number of ether oxygens (including phenoxy) is 1. The molecule has 0 spiro atoms. The average molecular weight is 298 g/mol. The Balaban J connectivity index is 2.29. The largest absolute Gasteiger partial charge is 0.465 e. The van der Waals surface area contributed by atoms with E-state index in [9.17, 15) is 4.79 Å². The summed E-state index contributed by atoms with van der Waals surface area (Å²) in [5.74, 6) is -0.119. The molecule has 5 heteroatoms. The number of alkyl halides is 1. The lowest BCUT2D eigenvalue weighted by molar-refractivity contribution is -0.144. The molecule has 4 nitrogen and oxygen atoms in total. The number of carbonyl (C=O) groups excluding carboxylic acids is 1. The summed E-state index contributed by atoms with van der Waals surface area (Å²) in [6, 6.07) is 0. The minimum atomic E-state index is -0.119. The van der Waals surface area contributed by atoms with Gasteiger partial charge in [0, 0.05) is 19.6 Å². The molecule has 0 aromatic heterocycles. The molecule has 0 amide bonds. The summed E-state index contributed by atoms with van der Waals surface area (Å²) in [6.45, 7) is 5.54. The topological polar surface area (TPSA) is 41.6 Å². The maximum absolute atomic E-state index is 11.2. The number of halogens is 1. The number of esters is 1. The molecule has 76 valence electrons. The van der Waals surface area contributed by atoms with Gasteiger partial charge in [-0.05, 0) is 6.92 Å². The second-order valence-electron chi connectivity index (χ2n) is 2.91. The van der Waals surface area contributed by atoms with Crippen LogP contribution in [0.15, 0.2) is 0 Å². The van der Waals surface area contributed by atoms with Crippen molar-refractivity contribution in [3.8, 4) is 0 Å². The molecule has 1 N–H and O–H groups in total. The molecule has 1 aliphatic heterocycles. The van der Waals surface area contributed by atoms with Crippen molar-refractivity contribution in [1.29, 1.82) is 0 Å². The number of piperazine rings is 1. The predicted octanol–water partition coefficient (Wildman–Crippen LogP) is 0.216. The normalized spacial score (nSPS) is 24.3. The fourth-order valence-corrected chi connectivity index (χ4v) is 2.05. The molecule has 0 aromatic rings. The number of nitrogens with one attached hydrogen (secondary N) is 1. The first-order chi connectivity index (χ1) is 6.24. The molecule has 0 bridgehead atoms. The molecular formula is C8H15IN2O2. The Labute approximate surface area is 92.1 Å². The minimum Gasteiger partial charge on any atom is -0.465 e. The number of hydrogen-bond donors (Lipinski definition) is 1. The van der Waals surface area contributed by atoms with Gasteiger partial charge in [0.05, 0.1) is 17.2 Å². The number of rotatable bonds is 3. The van der Waals surface area contributed by atoms with Gasteiger partial charge in [0.15, 0.2) is 0 Å². The van der Waals surface area contributed by atoms with Crippen LogP contribution in [0.5, 0.6) is 0 Å². The minimum absolute atomic E-state index is 0.119. The molecule has 1 aliphatic rings. The molecule has 1 saturated heterocycles. The standard InChI is InChI=1S/C8H15IN2O2/c1-2-13-8(12)6-11-4-3-10-5-7(11)9/h7,10H,2-6H2,1H3. The Bertz CT molecular complexity index is 178. The van der Waals surface area contributed by atoms with Gasteiger partial charge in [-0.3, -0.25) is 9.69 Å². The lowest BCUT2D eigenvalue weighted by Crippen LogP contribution is -2.50. The second kappa shape index (κ2) is 5.77. The van der Waals surface area contributed by atoms with Crippen LogP contribution in [0.2, 0.25) is 0 Å². The van der Waals surface area contributed by atoms with Crippen LogP contribution >= 0.6 is 22.6 Å². The third kappa shape index (κ3) is 3.78. The maximum atomic E-state index is 11.2. The van der Waals surface area contributed by atoms with Crippen LogP contribution in [0.3, 0.4) is 0 Å². The average Bonchev–Trinajstić information content (AvgIpc) is 2.09. The Kier molecular flexibility index (Phi) is 4.97. The highest BCUT2D eigenvalue weighted by Crippen LogP contribution is 2.09. The van der Waals surface area contributed by atoms with E-state index in [1.807, 2.05) is 6.92 Å². The molecule has 0 aromatic carbocycles. The van der Waals surface area contributed by atoms with Crippen LogP contribution in [0.25, 0.3) is 0 Å². The molecule has 1 atom stereocenters. The van der Waals surface area contributed by atoms with Gasteiger partial charge < -0.3 is 10.1 Å². The smallest absolute Gasteiger partial charge is 0.320 e. The zero-order valence-corrected chi connectivity index (χ0v) is 9.91. The maximum Gasteiger partial charge on any atom is 0.320 e. The van der Waals surface area contributed by atoms with Crippen LogP contribution in [-0.4, -0.2) is 47.7 Å². The van der Waals surface area contributed by atoms with Gasteiger partial charge in [0.2, 0.25) is 0 Å². The quantitative estimate of drug-likeness (QED) is 0.350. The third-order valence-corrected chi connectivity index (χ3v) is 3.15. The summed E-state index contributed by atoms with van der Waals surface area (Å²) in [7, 11) is 0. The van der Waals surface area contributed by atoms with Crippen LogP contribution in [-0.2, 0) is 9.53 Å². The lowest BCUT2D eigenvalue weighted by atomic mass is 10.3. The number of carbonyl (C=O) groups is 1. The summed E-state index contributed by atoms with van der Waals surface area (Å²) in [5.41, 5.74) is 0. The number of nitrogens with zero attached hydrogens (tertiary/aromatic N) is 1. The summed E-state index contributed by atoms with van der Waals surface area (Å²) in [4.78, 5) is 13.3. The van der Waals surface area contributed by atoms with Crippen LogP contribution in [0, 0.1) is 0 Å². The molecular weight excluding hydrogens is 283 g/mol. The first-order valence-electron chi connectivity index (χ1n) is 4.48. The van der Waals surface area contributed by atoms with Gasteiger partial charge >= 0.3 is 5.97 Å². The summed E-state index contributed by atoms with van der Waals surface area (Å²) in [6.07, 6.45) is 0. The summed E-state index contributed by atoms with van der Waals surface area (Å²) >= 11 is 2.34. The Morgan fingerprint density at radius 2 is 2.54 bits per heavy atom. The zero-order valence-electron chi connectivity index (χ0n) is 7.75. The SMILES string of the molecule is CCOC(=O)CN1CCNCC1I. The van der Waals surface area contributed by atoms with Gasteiger partial charge in [-0.2, -0.15) is 0 Å². The van der Waals surface area contributed by atoms with Gasteiger partial charge in [-0.1, -0.05) is 22.6 Å². The third-order valence-electron chi connectivity index (χ3n) is 1.92. The highest BCUT2D eigenvalue weighted by Gasteiger charge is 2.21. The van der Waals surface area contributed by atoms with Crippen molar-refractivity contribution in [3.05, 3.63) is 0 Å². The molecule has 0 radical (unpaired) electrons. The van der Waals surface area contributed by atoms with Crippen molar-refractivity contribution >= 4 is 28.6 Å². The van der Waals surface area contributed by atoms with E-state index in [0.717, 1.165) is 19.6 Å². The molecule has 0 saturated carbocycles. The molecule has 1 fully saturated rings. The van der Waals surface area contributed by atoms with Crippen molar-refractivity contribution in [3.63, 3.8) is 0 Å². The van der Waals surface area contributed by atoms with E-state index < -0.39 is 0 Å². The summed E-state index contributed by atoms with van der Waals surface area (Å²) < 4.78 is 5.29. The van der Waals surface area contributed by atoms with Crippen molar-refractivity contribution < 1.29 is 9.53 Å². The Morgan fingerprint density at radius 3 is 3.15 bits per heavy atom. The first-order valence-corrected chi connectivity index (χ1v) is 5.73. The molecule has 1 unspecified atom stereocenters. The van der Waals surface area contributed by atoms with Crippen LogP contribution in [0.1, 0.15) is 6.92 Å². The van der Waals surface area contributed by atoms with Gasteiger partial charge in [0.1, 0.15) is 0 Å². The fourth-order valence-electron chi connectivity index (χ4n) is 1.26. The van der Waals surface area contributed by atoms with E-state index in [4.69, 9.17) is 4.74 Å². The van der Waals surface area contributed by atoms with Gasteiger partial charge in [-0.15, -0.1) is 0 Å². The van der Waals surface area contributed by atoms with E-state index in [1.54, 1.807) is 0 Å². The monoisotopic (exact) mass is 298 g/mol. The molecule has 0 aliphatic carbocycles. The summed E-state index contributed by atoms with van der Waals surface area (Å²) in [5, 5.41) is 3.27. The Morgan fingerprint density at radius 1 is 1.77 bits per heavy atom. The molecule has 13 heavy (non-hydrogen) atoms. The van der Waals surface area contributed by atoms with Gasteiger partial charge in [0.25, 0.3) is 0 Å². The van der Waals surface area contributed by atoms with E-state index in [0.29, 0.717) is 17.2 Å². The molecule has 1 rings (SSSR count). The number of hydrogen-bond acceptors (Lipinski definition) is 4. The van der Waals surface area contributed by atoms with E-state index in [1.165, 1.54) is 0 Å². The highest BCUT2D eigenvalue weighted by molar-refractivity contribution is 14.1. The Hall–Kier alpha value is 0.120. The first kappa shape index (κ1) is 11.2. The van der Waals surface area contributed by atoms with Crippen molar-refractivity contribution in [2.75, 3.05) is 32.8 Å². The van der Waals surface area contributed by atoms with Crippen molar-refractivity contribution in [2.24, 2.45) is 0 Å².